The van der Waals surface area contributed by atoms with Gasteiger partial charge in [-0.1, -0.05) is 15.9 Å². The number of aromatic nitrogens is 2. The number of benzene rings is 1. The normalized spacial score (nSPS) is 14.4. The van der Waals surface area contributed by atoms with Gasteiger partial charge in [0.1, 0.15) is 0 Å². The minimum atomic E-state index is -0.255. The van der Waals surface area contributed by atoms with Gasteiger partial charge in [0.05, 0.1) is 5.56 Å². The smallest absolute Gasteiger partial charge is 0.258 e. The van der Waals surface area contributed by atoms with Gasteiger partial charge in [-0.2, -0.15) is 0 Å². The Bertz CT molecular complexity index is 712. The Morgan fingerprint density at radius 3 is 2.29 bits per heavy atom. The zero-order valence-corrected chi connectivity index (χ0v) is 14.4. The summed E-state index contributed by atoms with van der Waals surface area (Å²) in [6, 6.07) is 7.33. The summed E-state index contributed by atoms with van der Waals surface area (Å²) in [5, 5.41) is 2.80. The second-order valence-electron chi connectivity index (χ2n) is 5.36. The maximum absolute atomic E-state index is 12.2. The fourth-order valence-electron chi connectivity index (χ4n) is 2.37. The number of nitrogens with one attached hydrogen (secondary N) is 1. The van der Waals surface area contributed by atoms with Crippen LogP contribution in [0.4, 0.5) is 11.6 Å². The van der Waals surface area contributed by atoms with Gasteiger partial charge < -0.3 is 15.1 Å². The Labute approximate surface area is 147 Å². The van der Waals surface area contributed by atoms with Crippen LogP contribution in [-0.2, 0) is 4.79 Å². The number of amides is 2. The summed E-state index contributed by atoms with van der Waals surface area (Å²) in [6.07, 6.45) is 3.89. The molecule has 24 heavy (non-hydrogen) atoms. The average Bonchev–Trinajstić information content (AvgIpc) is 2.64. The molecule has 1 fully saturated rings. The largest absolute Gasteiger partial charge is 0.342 e. The van der Waals surface area contributed by atoms with Crippen molar-refractivity contribution in [2.24, 2.45) is 0 Å². The van der Waals surface area contributed by atoms with Crippen LogP contribution in [0.2, 0.25) is 0 Å². The van der Waals surface area contributed by atoms with Crippen molar-refractivity contribution in [2.45, 2.75) is 0 Å². The number of piperazine rings is 1. The van der Waals surface area contributed by atoms with Crippen LogP contribution in [0.25, 0.3) is 0 Å². The van der Waals surface area contributed by atoms with Crippen LogP contribution in [0, 0.1) is 0 Å². The molecular weight excluding hydrogens is 374 g/mol. The lowest BCUT2D eigenvalue weighted by Crippen LogP contribution is -2.46. The highest BCUT2D eigenvalue weighted by Gasteiger charge is 2.18. The summed E-state index contributed by atoms with van der Waals surface area (Å²) >= 11 is 3.35. The number of nitrogens with zero attached hydrogens (tertiary/aromatic N) is 4. The second-order valence-corrected chi connectivity index (χ2v) is 6.28. The Hall–Kier alpha value is -2.48. The van der Waals surface area contributed by atoms with Crippen LogP contribution in [0.1, 0.15) is 10.4 Å². The standard InChI is InChI=1S/C16H16BrN5O2/c17-13-1-3-14(4-2-13)20-15(24)12-9-18-16(19-10-12)22-7-5-21(11-23)6-8-22/h1-4,9-11H,5-8H2,(H,20,24). The first-order valence-electron chi connectivity index (χ1n) is 7.49. The maximum Gasteiger partial charge on any atom is 0.258 e. The minimum Gasteiger partial charge on any atom is -0.342 e. The fourth-order valence-corrected chi connectivity index (χ4v) is 2.63. The number of halogens is 1. The van der Waals surface area contributed by atoms with Gasteiger partial charge in [0.15, 0.2) is 0 Å². The van der Waals surface area contributed by atoms with Crippen LogP contribution in [0.15, 0.2) is 41.1 Å². The van der Waals surface area contributed by atoms with E-state index in [1.807, 2.05) is 29.2 Å². The highest BCUT2D eigenvalue weighted by molar-refractivity contribution is 9.10. The van der Waals surface area contributed by atoms with Gasteiger partial charge in [0.25, 0.3) is 5.91 Å². The Balaban J connectivity index is 1.62. The van der Waals surface area contributed by atoms with E-state index in [1.54, 1.807) is 4.90 Å². The monoisotopic (exact) mass is 389 g/mol. The number of rotatable bonds is 4. The quantitative estimate of drug-likeness (QED) is 0.806. The third-order valence-electron chi connectivity index (χ3n) is 3.75. The van der Waals surface area contributed by atoms with Crippen molar-refractivity contribution in [1.82, 2.24) is 14.9 Å². The Morgan fingerprint density at radius 2 is 1.71 bits per heavy atom. The average molecular weight is 390 g/mol. The van der Waals surface area contributed by atoms with Crippen LogP contribution in [0.3, 0.4) is 0 Å². The SMILES string of the molecule is O=CN1CCN(c2ncc(C(=O)Nc3ccc(Br)cc3)cn2)CC1. The van der Waals surface area contributed by atoms with Gasteiger partial charge in [-0.05, 0) is 24.3 Å². The number of hydrogen-bond acceptors (Lipinski definition) is 5. The van der Waals surface area contributed by atoms with Crippen molar-refractivity contribution >= 4 is 39.9 Å². The molecule has 2 heterocycles. The molecule has 0 bridgehead atoms. The highest BCUT2D eigenvalue weighted by Crippen LogP contribution is 2.15. The molecule has 1 aromatic carbocycles. The number of carbonyl (C=O) groups excluding carboxylic acids is 2. The first-order valence-corrected chi connectivity index (χ1v) is 8.28. The van der Waals surface area contributed by atoms with E-state index in [0.717, 1.165) is 10.9 Å². The van der Waals surface area contributed by atoms with Crippen molar-refractivity contribution in [1.29, 1.82) is 0 Å². The van der Waals surface area contributed by atoms with Crippen LogP contribution in [0.5, 0.6) is 0 Å². The molecule has 2 amide bonds. The summed E-state index contributed by atoms with van der Waals surface area (Å²) in [5.41, 5.74) is 1.10. The number of carbonyl (C=O) groups is 2. The fraction of sp³-hybridized carbons (Fsp3) is 0.250. The van der Waals surface area contributed by atoms with Gasteiger partial charge in [-0.25, -0.2) is 9.97 Å². The van der Waals surface area contributed by atoms with Crippen molar-refractivity contribution in [3.63, 3.8) is 0 Å². The molecule has 0 spiro atoms. The van der Waals surface area contributed by atoms with E-state index < -0.39 is 0 Å². The molecule has 8 heteroatoms. The molecular formula is C16H16BrN5O2. The van der Waals surface area contributed by atoms with Crippen molar-refractivity contribution in [3.05, 3.63) is 46.7 Å². The minimum absolute atomic E-state index is 0.255. The van der Waals surface area contributed by atoms with Gasteiger partial charge in [-0.15, -0.1) is 0 Å². The van der Waals surface area contributed by atoms with Crippen molar-refractivity contribution < 1.29 is 9.59 Å². The molecule has 0 saturated carbocycles. The summed E-state index contributed by atoms with van der Waals surface area (Å²) in [4.78, 5) is 35.2. The molecule has 1 saturated heterocycles. The topological polar surface area (TPSA) is 78.4 Å². The zero-order chi connectivity index (χ0) is 16.9. The van der Waals surface area contributed by atoms with Crippen LogP contribution in [-0.4, -0.2) is 53.4 Å². The predicted molar refractivity (Wildman–Crippen MR) is 94.0 cm³/mol. The van der Waals surface area contributed by atoms with Crippen LogP contribution >= 0.6 is 15.9 Å². The molecule has 1 aromatic heterocycles. The zero-order valence-electron chi connectivity index (χ0n) is 12.9. The highest BCUT2D eigenvalue weighted by atomic mass is 79.9. The first kappa shape index (κ1) is 16.4. The summed E-state index contributed by atoms with van der Waals surface area (Å²) < 4.78 is 0.947. The molecule has 1 N–H and O–H groups in total. The van der Waals surface area contributed by atoms with E-state index in [2.05, 4.69) is 31.2 Å². The molecule has 2 aromatic rings. The lowest BCUT2D eigenvalue weighted by molar-refractivity contribution is -0.118. The third-order valence-corrected chi connectivity index (χ3v) is 4.28. The van der Waals surface area contributed by atoms with E-state index >= 15 is 0 Å². The van der Waals surface area contributed by atoms with Crippen LogP contribution < -0.4 is 10.2 Å². The molecule has 0 aliphatic carbocycles. The van der Waals surface area contributed by atoms with E-state index in [4.69, 9.17) is 0 Å². The molecule has 0 atom stereocenters. The molecule has 0 radical (unpaired) electrons. The molecule has 124 valence electrons. The first-order chi connectivity index (χ1) is 11.7. The molecule has 3 rings (SSSR count). The van der Waals surface area contributed by atoms with Crippen molar-refractivity contribution in [3.8, 4) is 0 Å². The van der Waals surface area contributed by atoms with E-state index in [1.165, 1.54) is 12.4 Å². The number of hydrogen-bond donors (Lipinski definition) is 1. The van der Waals surface area contributed by atoms with E-state index in [0.29, 0.717) is 43.4 Å². The lowest BCUT2D eigenvalue weighted by Gasteiger charge is -2.32. The van der Waals surface area contributed by atoms with Gasteiger partial charge in [0, 0.05) is 48.7 Å². The lowest BCUT2D eigenvalue weighted by atomic mass is 10.3. The van der Waals surface area contributed by atoms with Gasteiger partial charge in [-0.3, -0.25) is 9.59 Å². The number of anilines is 2. The Kier molecular flexibility index (Phi) is 5.05. The summed E-state index contributed by atoms with van der Waals surface area (Å²) in [5.74, 6) is 0.315. The molecule has 0 unspecified atom stereocenters. The van der Waals surface area contributed by atoms with E-state index in [9.17, 15) is 9.59 Å². The second kappa shape index (κ2) is 7.39. The molecule has 1 aliphatic rings. The Morgan fingerprint density at radius 1 is 1.08 bits per heavy atom. The summed E-state index contributed by atoms with van der Waals surface area (Å²) in [6.45, 7) is 2.67. The predicted octanol–water partition coefficient (Wildman–Crippen LogP) is 1.77. The van der Waals surface area contributed by atoms with E-state index in [-0.39, 0.29) is 5.91 Å². The van der Waals surface area contributed by atoms with Crippen molar-refractivity contribution in [2.75, 3.05) is 36.4 Å². The molecule has 7 nitrogen and oxygen atoms in total. The molecule has 1 aliphatic heterocycles. The van der Waals surface area contributed by atoms with Gasteiger partial charge in [0.2, 0.25) is 12.4 Å². The van der Waals surface area contributed by atoms with Gasteiger partial charge >= 0.3 is 0 Å². The maximum atomic E-state index is 12.2. The summed E-state index contributed by atoms with van der Waals surface area (Å²) in [7, 11) is 0. The third kappa shape index (κ3) is 3.88.